The topological polar surface area (TPSA) is 57.6 Å². The minimum atomic E-state index is -1.21. The molecule has 0 saturated carbocycles. The first kappa shape index (κ1) is 14.4. The fourth-order valence-corrected chi connectivity index (χ4v) is 2.02. The molecule has 0 radical (unpaired) electrons. The maximum Gasteiger partial charge on any atom is 0.331 e. The van der Waals surface area contributed by atoms with E-state index in [1.165, 1.54) is 13.0 Å². The van der Waals surface area contributed by atoms with Crippen LogP contribution in [0.3, 0.4) is 0 Å². The lowest BCUT2D eigenvalue weighted by molar-refractivity contribution is -0.149. The molecule has 1 atom stereocenters. The van der Waals surface area contributed by atoms with Crippen molar-refractivity contribution in [3.63, 3.8) is 0 Å². The molecule has 18 heavy (non-hydrogen) atoms. The van der Waals surface area contributed by atoms with Gasteiger partial charge in [0.2, 0.25) is 5.91 Å². The number of hydrogen-bond donors (Lipinski definition) is 1. The van der Waals surface area contributed by atoms with Gasteiger partial charge in [-0.25, -0.2) is 9.18 Å². The van der Waals surface area contributed by atoms with E-state index in [1.54, 1.807) is 6.92 Å². The van der Waals surface area contributed by atoms with Crippen molar-refractivity contribution in [1.29, 1.82) is 0 Å². The second kappa shape index (κ2) is 5.82. The van der Waals surface area contributed by atoms with E-state index in [4.69, 9.17) is 11.6 Å². The lowest BCUT2D eigenvalue weighted by Crippen LogP contribution is -2.37. The normalized spacial score (nSPS) is 12.0. The van der Waals surface area contributed by atoms with Gasteiger partial charge in [0.05, 0.1) is 0 Å². The third kappa shape index (κ3) is 2.98. The minimum absolute atomic E-state index is 0.0119. The fraction of sp³-hybridized carbons (Fsp3) is 0.333. The number of carboxylic acid groups (broad SMARTS) is 1. The van der Waals surface area contributed by atoms with Gasteiger partial charge in [0.1, 0.15) is 5.82 Å². The van der Waals surface area contributed by atoms with Gasteiger partial charge in [-0.2, -0.15) is 0 Å². The Morgan fingerprint density at radius 2 is 2.11 bits per heavy atom. The standard InChI is InChI=1S/C12H13ClFNO3/c1-3-15(7(2)16)11(12(17)18)9-5-4-8(14)6-10(9)13/h4-6,11H,3H2,1-2H3,(H,17,18). The number of rotatable bonds is 4. The molecule has 1 unspecified atom stereocenters. The van der Waals surface area contributed by atoms with Crippen LogP contribution < -0.4 is 0 Å². The second-order valence-electron chi connectivity index (χ2n) is 3.71. The van der Waals surface area contributed by atoms with Crippen LogP contribution in [0.1, 0.15) is 25.5 Å². The second-order valence-corrected chi connectivity index (χ2v) is 4.12. The van der Waals surface area contributed by atoms with E-state index < -0.39 is 17.8 Å². The van der Waals surface area contributed by atoms with E-state index in [2.05, 4.69) is 0 Å². The highest BCUT2D eigenvalue weighted by Crippen LogP contribution is 2.28. The Balaban J connectivity index is 3.27. The number of likely N-dealkylation sites (N-methyl/N-ethyl adjacent to an activating group) is 1. The summed E-state index contributed by atoms with van der Waals surface area (Å²) in [5, 5.41) is 9.21. The van der Waals surface area contributed by atoms with Gasteiger partial charge in [0, 0.05) is 24.1 Å². The summed E-state index contributed by atoms with van der Waals surface area (Å²) in [4.78, 5) is 23.9. The molecule has 0 heterocycles. The Morgan fingerprint density at radius 3 is 2.50 bits per heavy atom. The lowest BCUT2D eigenvalue weighted by atomic mass is 10.0. The summed E-state index contributed by atoms with van der Waals surface area (Å²) in [6, 6.07) is 2.22. The summed E-state index contributed by atoms with van der Waals surface area (Å²) in [7, 11) is 0. The number of carbonyl (C=O) groups excluding carboxylic acids is 1. The van der Waals surface area contributed by atoms with Crippen LogP contribution in [-0.4, -0.2) is 28.4 Å². The van der Waals surface area contributed by atoms with Gasteiger partial charge < -0.3 is 10.0 Å². The zero-order valence-corrected chi connectivity index (χ0v) is 10.7. The molecule has 98 valence electrons. The molecule has 0 aliphatic rings. The zero-order chi connectivity index (χ0) is 13.9. The molecule has 1 aromatic carbocycles. The largest absolute Gasteiger partial charge is 0.479 e. The monoisotopic (exact) mass is 273 g/mol. The molecule has 1 N–H and O–H groups in total. The summed E-state index contributed by atoms with van der Waals surface area (Å²) < 4.78 is 12.9. The average molecular weight is 274 g/mol. The van der Waals surface area contributed by atoms with Crippen molar-refractivity contribution in [3.8, 4) is 0 Å². The third-order valence-electron chi connectivity index (χ3n) is 2.55. The van der Waals surface area contributed by atoms with Crippen LogP contribution in [0.4, 0.5) is 4.39 Å². The van der Waals surface area contributed by atoms with Crippen LogP contribution >= 0.6 is 11.6 Å². The first-order valence-corrected chi connectivity index (χ1v) is 5.71. The van der Waals surface area contributed by atoms with Gasteiger partial charge in [-0.05, 0) is 19.1 Å². The molecular formula is C12H13ClFNO3. The Kier molecular flexibility index (Phi) is 4.67. The molecule has 0 aromatic heterocycles. The van der Waals surface area contributed by atoms with E-state index >= 15 is 0 Å². The van der Waals surface area contributed by atoms with Crippen molar-refractivity contribution >= 4 is 23.5 Å². The van der Waals surface area contributed by atoms with Crippen LogP contribution in [0.25, 0.3) is 0 Å². The molecule has 0 aliphatic heterocycles. The van der Waals surface area contributed by atoms with Crippen molar-refractivity contribution < 1.29 is 19.1 Å². The first-order valence-electron chi connectivity index (χ1n) is 5.33. The lowest BCUT2D eigenvalue weighted by Gasteiger charge is -2.27. The van der Waals surface area contributed by atoms with Crippen LogP contribution in [-0.2, 0) is 9.59 Å². The fourth-order valence-electron chi connectivity index (χ4n) is 1.74. The van der Waals surface area contributed by atoms with Crippen LogP contribution in [0, 0.1) is 5.82 Å². The first-order chi connectivity index (χ1) is 8.38. The van der Waals surface area contributed by atoms with Gasteiger partial charge >= 0.3 is 5.97 Å². The van der Waals surface area contributed by atoms with Gasteiger partial charge in [-0.15, -0.1) is 0 Å². The molecule has 0 fully saturated rings. The highest BCUT2D eigenvalue weighted by Gasteiger charge is 2.30. The summed E-state index contributed by atoms with van der Waals surface area (Å²) in [5.41, 5.74) is 0.197. The number of hydrogen-bond acceptors (Lipinski definition) is 2. The SMILES string of the molecule is CCN(C(C)=O)C(C(=O)O)c1ccc(F)cc1Cl. The Morgan fingerprint density at radius 1 is 1.50 bits per heavy atom. The number of nitrogens with zero attached hydrogens (tertiary/aromatic N) is 1. The van der Waals surface area contributed by atoms with Crippen molar-refractivity contribution in [2.45, 2.75) is 19.9 Å². The van der Waals surface area contributed by atoms with E-state index in [9.17, 15) is 19.1 Å². The quantitative estimate of drug-likeness (QED) is 0.917. The third-order valence-corrected chi connectivity index (χ3v) is 2.88. The van der Waals surface area contributed by atoms with Crippen LogP contribution in [0.2, 0.25) is 5.02 Å². The Bertz CT molecular complexity index is 478. The highest BCUT2D eigenvalue weighted by molar-refractivity contribution is 6.31. The number of amides is 1. The smallest absolute Gasteiger partial charge is 0.331 e. The summed E-state index contributed by atoms with van der Waals surface area (Å²) in [6.45, 7) is 3.16. The summed E-state index contributed by atoms with van der Waals surface area (Å²) in [6.07, 6.45) is 0. The molecule has 6 heteroatoms. The molecule has 1 rings (SSSR count). The predicted octanol–water partition coefficient (Wildman–Crippen LogP) is 2.47. The zero-order valence-electron chi connectivity index (χ0n) is 9.98. The van der Waals surface area contributed by atoms with Crippen molar-refractivity contribution in [1.82, 2.24) is 4.90 Å². The molecule has 0 bridgehead atoms. The molecule has 0 aliphatic carbocycles. The van der Waals surface area contributed by atoms with E-state index in [-0.39, 0.29) is 23.0 Å². The van der Waals surface area contributed by atoms with E-state index in [1.807, 2.05) is 0 Å². The van der Waals surface area contributed by atoms with Crippen LogP contribution in [0.5, 0.6) is 0 Å². The summed E-state index contributed by atoms with van der Waals surface area (Å²) >= 11 is 5.83. The minimum Gasteiger partial charge on any atom is -0.479 e. The molecule has 0 spiro atoms. The van der Waals surface area contributed by atoms with Crippen LogP contribution in [0.15, 0.2) is 18.2 Å². The molecule has 1 aromatic rings. The molecule has 0 saturated heterocycles. The van der Waals surface area contributed by atoms with Gasteiger partial charge in [-0.1, -0.05) is 17.7 Å². The summed E-state index contributed by atoms with van der Waals surface area (Å²) in [5.74, 6) is -2.15. The van der Waals surface area contributed by atoms with Gasteiger partial charge in [-0.3, -0.25) is 4.79 Å². The Hall–Kier alpha value is -1.62. The van der Waals surface area contributed by atoms with Gasteiger partial charge in [0.25, 0.3) is 0 Å². The molecular weight excluding hydrogens is 261 g/mol. The maximum absolute atomic E-state index is 12.9. The van der Waals surface area contributed by atoms with E-state index in [0.717, 1.165) is 17.0 Å². The number of aliphatic carboxylic acids is 1. The number of carboxylic acids is 1. The number of benzene rings is 1. The Labute approximate surface area is 109 Å². The molecule has 1 amide bonds. The average Bonchev–Trinajstić information content (AvgIpc) is 2.26. The van der Waals surface area contributed by atoms with Crippen molar-refractivity contribution in [2.24, 2.45) is 0 Å². The maximum atomic E-state index is 12.9. The van der Waals surface area contributed by atoms with Crippen molar-refractivity contribution in [2.75, 3.05) is 6.54 Å². The van der Waals surface area contributed by atoms with E-state index in [0.29, 0.717) is 0 Å². The van der Waals surface area contributed by atoms with Gasteiger partial charge in [0.15, 0.2) is 6.04 Å². The number of halogens is 2. The highest BCUT2D eigenvalue weighted by atomic mass is 35.5. The number of carbonyl (C=O) groups is 2. The predicted molar refractivity (Wildman–Crippen MR) is 64.8 cm³/mol. The molecule has 4 nitrogen and oxygen atoms in total. The van der Waals surface area contributed by atoms with Crippen molar-refractivity contribution in [3.05, 3.63) is 34.6 Å².